The highest BCUT2D eigenvalue weighted by atomic mass is 32.1. The fourth-order valence-corrected chi connectivity index (χ4v) is 3.52. The number of hydrogen-bond acceptors (Lipinski definition) is 7. The number of anilines is 1. The molecule has 0 N–H and O–H groups in total. The minimum atomic E-state index is 0.0557. The minimum absolute atomic E-state index is 0.0557. The standard InChI is InChI=1S/C16H23N5OS/c1-16(2,3)14-19-20-15(23-14)21-8-4-5-12(10-21)11-22-13-9-17-6-7-18-13/h6-7,9,12H,4-5,8,10-11H2,1-3H3. The van der Waals surface area contributed by atoms with Crippen LogP contribution in [0.4, 0.5) is 5.13 Å². The van der Waals surface area contributed by atoms with Crippen molar-refractivity contribution in [3.8, 4) is 5.88 Å². The fourth-order valence-electron chi connectivity index (χ4n) is 2.58. The van der Waals surface area contributed by atoms with Crippen LogP contribution < -0.4 is 9.64 Å². The number of hydrogen-bond donors (Lipinski definition) is 0. The average Bonchev–Trinajstić information content (AvgIpc) is 3.05. The number of piperidine rings is 1. The quantitative estimate of drug-likeness (QED) is 0.857. The van der Waals surface area contributed by atoms with E-state index < -0.39 is 0 Å². The lowest BCUT2D eigenvalue weighted by molar-refractivity contribution is 0.221. The molecule has 2 aromatic rings. The van der Waals surface area contributed by atoms with Gasteiger partial charge < -0.3 is 9.64 Å². The van der Waals surface area contributed by atoms with Crippen molar-refractivity contribution in [3.05, 3.63) is 23.6 Å². The van der Waals surface area contributed by atoms with Crippen LogP contribution in [0.15, 0.2) is 18.6 Å². The van der Waals surface area contributed by atoms with Gasteiger partial charge in [0.25, 0.3) is 0 Å². The summed E-state index contributed by atoms with van der Waals surface area (Å²) < 4.78 is 5.76. The maximum Gasteiger partial charge on any atom is 0.232 e. The van der Waals surface area contributed by atoms with E-state index in [-0.39, 0.29) is 5.41 Å². The van der Waals surface area contributed by atoms with Gasteiger partial charge in [0.1, 0.15) is 5.01 Å². The Kier molecular flexibility index (Phi) is 4.75. The molecule has 1 saturated heterocycles. The van der Waals surface area contributed by atoms with Gasteiger partial charge in [-0.3, -0.25) is 4.98 Å². The highest BCUT2D eigenvalue weighted by Gasteiger charge is 2.26. The summed E-state index contributed by atoms with van der Waals surface area (Å²) in [6.07, 6.45) is 7.27. The van der Waals surface area contributed by atoms with Crippen molar-refractivity contribution in [3.63, 3.8) is 0 Å². The van der Waals surface area contributed by atoms with Crippen molar-refractivity contribution >= 4 is 16.5 Å². The fraction of sp³-hybridized carbons (Fsp3) is 0.625. The zero-order valence-electron chi connectivity index (χ0n) is 13.9. The van der Waals surface area contributed by atoms with E-state index in [9.17, 15) is 0 Å². The number of aromatic nitrogens is 4. The molecule has 1 unspecified atom stereocenters. The Morgan fingerprint density at radius 3 is 2.87 bits per heavy atom. The van der Waals surface area contributed by atoms with Crippen LogP contribution in [0.1, 0.15) is 38.6 Å². The molecule has 7 heteroatoms. The van der Waals surface area contributed by atoms with Gasteiger partial charge in [0.05, 0.1) is 12.8 Å². The molecule has 0 amide bonds. The van der Waals surface area contributed by atoms with Gasteiger partial charge in [0.15, 0.2) is 0 Å². The highest BCUT2D eigenvalue weighted by Crippen LogP contribution is 2.31. The third-order valence-electron chi connectivity index (χ3n) is 3.85. The van der Waals surface area contributed by atoms with Crippen LogP contribution in [0, 0.1) is 5.92 Å². The van der Waals surface area contributed by atoms with E-state index in [0.29, 0.717) is 18.4 Å². The van der Waals surface area contributed by atoms with Gasteiger partial charge in [-0.25, -0.2) is 4.98 Å². The first kappa shape index (κ1) is 16.1. The molecule has 0 radical (unpaired) electrons. The molecule has 0 aromatic carbocycles. The maximum atomic E-state index is 5.76. The van der Waals surface area contributed by atoms with Gasteiger partial charge in [0, 0.05) is 36.8 Å². The van der Waals surface area contributed by atoms with Gasteiger partial charge in [-0.15, -0.1) is 10.2 Å². The first-order valence-electron chi connectivity index (χ1n) is 8.00. The molecule has 0 spiro atoms. The molecule has 0 bridgehead atoms. The molecule has 23 heavy (non-hydrogen) atoms. The zero-order chi connectivity index (χ0) is 16.3. The number of ether oxygens (including phenoxy) is 1. The molecule has 3 heterocycles. The molecule has 1 fully saturated rings. The van der Waals surface area contributed by atoms with Crippen molar-refractivity contribution in [1.82, 2.24) is 20.2 Å². The third-order valence-corrected chi connectivity index (χ3v) is 5.26. The van der Waals surface area contributed by atoms with E-state index in [1.165, 1.54) is 6.42 Å². The van der Waals surface area contributed by atoms with Gasteiger partial charge in [0.2, 0.25) is 11.0 Å². The lowest BCUT2D eigenvalue weighted by atomic mass is 9.98. The number of rotatable bonds is 4. The van der Waals surface area contributed by atoms with E-state index in [0.717, 1.165) is 29.6 Å². The van der Waals surface area contributed by atoms with Crippen LogP contribution in [0.25, 0.3) is 0 Å². The second-order valence-electron chi connectivity index (χ2n) is 6.95. The van der Waals surface area contributed by atoms with E-state index in [1.807, 2.05) is 0 Å². The first-order valence-corrected chi connectivity index (χ1v) is 8.82. The van der Waals surface area contributed by atoms with Crippen molar-refractivity contribution in [2.24, 2.45) is 5.92 Å². The summed E-state index contributed by atoms with van der Waals surface area (Å²) in [4.78, 5) is 10.5. The summed E-state index contributed by atoms with van der Waals surface area (Å²) in [6.45, 7) is 9.18. The lowest BCUT2D eigenvalue weighted by Crippen LogP contribution is -2.37. The molecule has 124 valence electrons. The maximum absolute atomic E-state index is 5.76. The summed E-state index contributed by atoms with van der Waals surface area (Å²) >= 11 is 1.70. The van der Waals surface area contributed by atoms with Crippen molar-refractivity contribution < 1.29 is 4.74 Å². The number of nitrogens with zero attached hydrogens (tertiary/aromatic N) is 5. The van der Waals surface area contributed by atoms with E-state index in [2.05, 4.69) is 45.8 Å². The monoisotopic (exact) mass is 333 g/mol. The molecule has 1 aliphatic heterocycles. The van der Waals surface area contributed by atoms with Crippen LogP contribution in [0.5, 0.6) is 5.88 Å². The molecule has 2 aromatic heterocycles. The summed E-state index contributed by atoms with van der Waals surface area (Å²) in [6, 6.07) is 0. The summed E-state index contributed by atoms with van der Waals surface area (Å²) in [5, 5.41) is 10.9. The van der Waals surface area contributed by atoms with Crippen molar-refractivity contribution in [2.75, 3.05) is 24.6 Å². The minimum Gasteiger partial charge on any atom is -0.476 e. The molecule has 6 nitrogen and oxygen atoms in total. The normalized spacial score (nSPS) is 18.9. The van der Waals surface area contributed by atoms with Crippen LogP contribution in [0.3, 0.4) is 0 Å². The van der Waals surface area contributed by atoms with E-state index in [1.54, 1.807) is 29.9 Å². The van der Waals surface area contributed by atoms with Gasteiger partial charge >= 0.3 is 0 Å². The van der Waals surface area contributed by atoms with Crippen LogP contribution in [-0.2, 0) is 5.41 Å². The third kappa shape index (κ3) is 4.16. The van der Waals surface area contributed by atoms with E-state index >= 15 is 0 Å². The molecule has 3 rings (SSSR count). The molecule has 0 aliphatic carbocycles. The summed E-state index contributed by atoms with van der Waals surface area (Å²) in [5.74, 6) is 1.07. The molecule has 1 atom stereocenters. The summed E-state index contributed by atoms with van der Waals surface area (Å²) in [7, 11) is 0. The van der Waals surface area contributed by atoms with Crippen LogP contribution in [0.2, 0.25) is 0 Å². The smallest absolute Gasteiger partial charge is 0.232 e. The Bertz CT molecular complexity index is 625. The Morgan fingerprint density at radius 2 is 2.17 bits per heavy atom. The van der Waals surface area contributed by atoms with Crippen LogP contribution in [-0.4, -0.2) is 39.9 Å². The Morgan fingerprint density at radius 1 is 1.30 bits per heavy atom. The van der Waals surface area contributed by atoms with Crippen molar-refractivity contribution in [1.29, 1.82) is 0 Å². The second-order valence-corrected chi connectivity index (χ2v) is 7.90. The molecule has 0 saturated carbocycles. The van der Waals surface area contributed by atoms with Crippen molar-refractivity contribution in [2.45, 2.75) is 39.0 Å². The Hall–Kier alpha value is -1.76. The Labute approximate surface area is 140 Å². The highest BCUT2D eigenvalue weighted by molar-refractivity contribution is 7.15. The van der Waals surface area contributed by atoms with Crippen LogP contribution >= 0.6 is 11.3 Å². The lowest BCUT2D eigenvalue weighted by Gasteiger charge is -2.31. The molecule has 1 aliphatic rings. The SMILES string of the molecule is CC(C)(C)c1nnc(N2CCCC(COc3cnccn3)C2)s1. The largest absolute Gasteiger partial charge is 0.476 e. The molecular formula is C16H23N5OS. The van der Waals surface area contributed by atoms with Gasteiger partial charge in [-0.1, -0.05) is 32.1 Å². The predicted molar refractivity (Wildman–Crippen MR) is 91.1 cm³/mol. The topological polar surface area (TPSA) is 64.0 Å². The average molecular weight is 333 g/mol. The Balaban J connectivity index is 1.59. The van der Waals surface area contributed by atoms with Gasteiger partial charge in [-0.2, -0.15) is 0 Å². The molecular weight excluding hydrogens is 310 g/mol. The van der Waals surface area contributed by atoms with Gasteiger partial charge in [-0.05, 0) is 12.8 Å². The van der Waals surface area contributed by atoms with E-state index in [4.69, 9.17) is 4.74 Å². The predicted octanol–water partition coefficient (Wildman–Crippen LogP) is 2.92. The second kappa shape index (κ2) is 6.78. The summed E-state index contributed by atoms with van der Waals surface area (Å²) in [5.41, 5.74) is 0.0557. The first-order chi connectivity index (χ1) is 11.0. The zero-order valence-corrected chi connectivity index (χ0v) is 14.7.